The number of methoxy groups -OCH3 is 1. The summed E-state index contributed by atoms with van der Waals surface area (Å²) in [5.74, 6) is 1.37. The fourth-order valence-electron chi connectivity index (χ4n) is 3.99. The van der Waals surface area contributed by atoms with E-state index in [1.165, 1.54) is 0 Å². The number of ether oxygens (including phenoxy) is 3. The summed E-state index contributed by atoms with van der Waals surface area (Å²) in [7, 11) is 1.60. The van der Waals surface area contributed by atoms with Gasteiger partial charge in [0, 0.05) is 42.7 Å². The standard InChI is InChI=1S/C26H28N2O5/c1-3-32-26(30)28-15-13-27(14-16-28)25(29)20-11-12-23(31-2)21(17-20)18-33-24-10-6-8-19-7-4-5-9-22(19)24/h4-12,17H,3,13-16,18H2,1-2H3. The maximum Gasteiger partial charge on any atom is 0.409 e. The van der Waals surface area contributed by atoms with Crippen LogP contribution >= 0.6 is 0 Å². The Morgan fingerprint density at radius 1 is 0.879 bits per heavy atom. The molecule has 3 aromatic rings. The molecule has 0 bridgehead atoms. The summed E-state index contributed by atoms with van der Waals surface area (Å²) in [6.07, 6.45) is -0.332. The van der Waals surface area contributed by atoms with Crippen molar-refractivity contribution >= 4 is 22.8 Å². The average Bonchev–Trinajstić information content (AvgIpc) is 2.87. The molecular formula is C26H28N2O5. The topological polar surface area (TPSA) is 68.3 Å². The van der Waals surface area contributed by atoms with Crippen LogP contribution in [0.4, 0.5) is 4.79 Å². The molecule has 0 aromatic heterocycles. The molecule has 1 aliphatic heterocycles. The molecule has 172 valence electrons. The van der Waals surface area contributed by atoms with Gasteiger partial charge in [-0.25, -0.2) is 4.79 Å². The minimum Gasteiger partial charge on any atom is -0.496 e. The maximum absolute atomic E-state index is 13.1. The van der Waals surface area contributed by atoms with E-state index < -0.39 is 0 Å². The van der Waals surface area contributed by atoms with Crippen LogP contribution in [0.15, 0.2) is 60.7 Å². The Morgan fingerprint density at radius 2 is 1.61 bits per heavy atom. The van der Waals surface area contributed by atoms with Crippen LogP contribution in [-0.4, -0.2) is 61.7 Å². The van der Waals surface area contributed by atoms with Crippen LogP contribution in [0.25, 0.3) is 10.8 Å². The molecule has 7 nitrogen and oxygen atoms in total. The molecule has 0 atom stereocenters. The molecule has 0 saturated carbocycles. The van der Waals surface area contributed by atoms with Crippen molar-refractivity contribution in [1.29, 1.82) is 0 Å². The van der Waals surface area contributed by atoms with Gasteiger partial charge in [0.15, 0.2) is 0 Å². The summed E-state index contributed by atoms with van der Waals surface area (Å²) in [4.78, 5) is 28.4. The summed E-state index contributed by atoms with van der Waals surface area (Å²) in [5.41, 5.74) is 1.36. The molecule has 4 rings (SSSR count). The van der Waals surface area contributed by atoms with Crippen molar-refractivity contribution in [3.63, 3.8) is 0 Å². The summed E-state index contributed by atoms with van der Waals surface area (Å²) < 4.78 is 16.7. The third-order valence-corrected chi connectivity index (χ3v) is 5.75. The summed E-state index contributed by atoms with van der Waals surface area (Å²) in [6, 6.07) is 19.4. The third-order valence-electron chi connectivity index (χ3n) is 5.75. The van der Waals surface area contributed by atoms with Gasteiger partial charge in [-0.2, -0.15) is 0 Å². The molecular weight excluding hydrogens is 420 g/mol. The van der Waals surface area contributed by atoms with Gasteiger partial charge in [0.05, 0.1) is 13.7 Å². The number of hydrogen-bond acceptors (Lipinski definition) is 5. The first-order valence-corrected chi connectivity index (χ1v) is 11.1. The van der Waals surface area contributed by atoms with Crippen molar-refractivity contribution in [1.82, 2.24) is 9.80 Å². The number of carbonyl (C=O) groups is 2. The lowest BCUT2D eigenvalue weighted by Gasteiger charge is -2.34. The Labute approximate surface area is 193 Å². The molecule has 0 N–H and O–H groups in total. The SMILES string of the molecule is CCOC(=O)N1CCN(C(=O)c2ccc(OC)c(COc3cccc4ccccc34)c2)CC1. The average molecular weight is 449 g/mol. The van der Waals surface area contributed by atoms with Gasteiger partial charge in [-0.05, 0) is 36.6 Å². The van der Waals surface area contributed by atoms with Crippen LogP contribution < -0.4 is 9.47 Å². The predicted octanol–water partition coefficient (Wildman–Crippen LogP) is 4.34. The predicted molar refractivity (Wildman–Crippen MR) is 126 cm³/mol. The molecule has 0 unspecified atom stereocenters. The lowest BCUT2D eigenvalue weighted by Crippen LogP contribution is -2.50. The van der Waals surface area contributed by atoms with Crippen molar-refractivity contribution in [2.45, 2.75) is 13.5 Å². The van der Waals surface area contributed by atoms with Crippen molar-refractivity contribution in [3.05, 3.63) is 71.8 Å². The molecule has 0 spiro atoms. The number of nitrogens with zero attached hydrogens (tertiary/aromatic N) is 2. The fourth-order valence-corrected chi connectivity index (χ4v) is 3.99. The first-order valence-electron chi connectivity index (χ1n) is 11.1. The zero-order chi connectivity index (χ0) is 23.2. The van der Waals surface area contributed by atoms with Gasteiger partial charge in [-0.1, -0.05) is 36.4 Å². The Hall–Kier alpha value is -3.74. The van der Waals surface area contributed by atoms with Crippen LogP contribution in [0.1, 0.15) is 22.8 Å². The molecule has 7 heteroatoms. The van der Waals surface area contributed by atoms with Gasteiger partial charge >= 0.3 is 6.09 Å². The van der Waals surface area contributed by atoms with Crippen LogP contribution in [0, 0.1) is 0 Å². The Bertz CT molecular complexity index is 1130. The zero-order valence-corrected chi connectivity index (χ0v) is 19.0. The number of rotatable bonds is 6. The van der Waals surface area contributed by atoms with Crippen molar-refractivity contribution < 1.29 is 23.8 Å². The Balaban J connectivity index is 1.46. The monoisotopic (exact) mass is 448 g/mol. The molecule has 0 radical (unpaired) electrons. The van der Waals surface area contributed by atoms with Crippen molar-refractivity contribution in [3.8, 4) is 11.5 Å². The Morgan fingerprint density at radius 3 is 2.36 bits per heavy atom. The van der Waals surface area contributed by atoms with E-state index in [1.807, 2.05) is 48.5 Å². The number of fused-ring (bicyclic) bond motifs is 1. The minimum atomic E-state index is -0.332. The zero-order valence-electron chi connectivity index (χ0n) is 19.0. The van der Waals surface area contributed by atoms with Crippen LogP contribution in [0.5, 0.6) is 11.5 Å². The molecule has 1 heterocycles. The highest BCUT2D eigenvalue weighted by molar-refractivity contribution is 5.95. The third kappa shape index (κ3) is 5.03. The first-order chi connectivity index (χ1) is 16.1. The summed E-state index contributed by atoms with van der Waals surface area (Å²) in [6.45, 7) is 4.23. The van der Waals surface area contributed by atoms with Gasteiger partial charge in [0.25, 0.3) is 5.91 Å². The molecule has 0 aliphatic carbocycles. The molecule has 1 saturated heterocycles. The van der Waals surface area contributed by atoms with E-state index in [2.05, 4.69) is 0 Å². The number of amides is 2. The second kappa shape index (κ2) is 10.3. The quantitative estimate of drug-likeness (QED) is 0.561. The molecule has 1 fully saturated rings. The molecule has 33 heavy (non-hydrogen) atoms. The Kier molecular flexibility index (Phi) is 6.98. The van der Waals surface area contributed by atoms with Gasteiger partial charge in [-0.15, -0.1) is 0 Å². The number of benzene rings is 3. The number of carbonyl (C=O) groups excluding carboxylic acids is 2. The van der Waals surface area contributed by atoms with Gasteiger partial charge in [0.1, 0.15) is 18.1 Å². The second-order valence-corrected chi connectivity index (χ2v) is 7.77. The van der Waals surface area contributed by atoms with Crippen molar-refractivity contribution in [2.75, 3.05) is 39.9 Å². The molecule has 3 aromatic carbocycles. The lowest BCUT2D eigenvalue weighted by atomic mass is 10.1. The van der Waals surface area contributed by atoms with Crippen LogP contribution in [0.3, 0.4) is 0 Å². The normalized spacial score (nSPS) is 13.6. The summed E-state index contributed by atoms with van der Waals surface area (Å²) >= 11 is 0. The largest absolute Gasteiger partial charge is 0.496 e. The first kappa shape index (κ1) is 22.5. The lowest BCUT2D eigenvalue weighted by molar-refractivity contribution is 0.0570. The summed E-state index contributed by atoms with van der Waals surface area (Å²) in [5, 5.41) is 2.14. The second-order valence-electron chi connectivity index (χ2n) is 7.77. The van der Waals surface area contributed by atoms with Gasteiger partial charge in [-0.3, -0.25) is 4.79 Å². The highest BCUT2D eigenvalue weighted by Gasteiger charge is 2.26. The van der Waals surface area contributed by atoms with E-state index in [1.54, 1.807) is 36.0 Å². The number of piperazine rings is 1. The maximum atomic E-state index is 13.1. The van der Waals surface area contributed by atoms with E-state index in [-0.39, 0.29) is 18.6 Å². The molecule has 1 aliphatic rings. The van der Waals surface area contributed by atoms with Crippen molar-refractivity contribution in [2.24, 2.45) is 0 Å². The van der Waals surface area contributed by atoms with Crippen LogP contribution in [-0.2, 0) is 11.3 Å². The van der Waals surface area contributed by atoms with Gasteiger partial charge in [0.2, 0.25) is 0 Å². The van der Waals surface area contributed by atoms with Crippen LogP contribution in [0.2, 0.25) is 0 Å². The van der Waals surface area contributed by atoms with Gasteiger partial charge < -0.3 is 24.0 Å². The molecule has 2 amide bonds. The minimum absolute atomic E-state index is 0.0763. The van der Waals surface area contributed by atoms with E-state index in [9.17, 15) is 9.59 Å². The fraction of sp³-hybridized carbons (Fsp3) is 0.308. The van der Waals surface area contributed by atoms with E-state index in [0.717, 1.165) is 22.1 Å². The van der Waals surface area contributed by atoms with E-state index in [0.29, 0.717) is 44.1 Å². The highest BCUT2D eigenvalue weighted by atomic mass is 16.6. The highest BCUT2D eigenvalue weighted by Crippen LogP contribution is 2.28. The number of hydrogen-bond donors (Lipinski definition) is 0. The van der Waals surface area contributed by atoms with E-state index in [4.69, 9.17) is 14.2 Å². The van der Waals surface area contributed by atoms with E-state index >= 15 is 0 Å². The smallest absolute Gasteiger partial charge is 0.409 e.